The molecule has 0 radical (unpaired) electrons. The maximum atomic E-state index is 9.60. The minimum atomic E-state index is 0.222. The zero-order chi connectivity index (χ0) is 11.8. The van der Waals surface area contributed by atoms with E-state index in [1.165, 1.54) is 19.3 Å². The van der Waals surface area contributed by atoms with E-state index in [0.717, 1.165) is 12.8 Å². The van der Waals surface area contributed by atoms with E-state index in [0.29, 0.717) is 5.75 Å². The van der Waals surface area contributed by atoms with Crippen LogP contribution in [0.5, 0.6) is 11.5 Å². The second-order valence-electron chi connectivity index (χ2n) is 4.11. The summed E-state index contributed by atoms with van der Waals surface area (Å²) in [6.07, 6.45) is 5.95. The molecule has 0 heterocycles. The Labute approximate surface area is 98.3 Å². The van der Waals surface area contributed by atoms with Crippen LogP contribution in [0.3, 0.4) is 0 Å². The molecule has 0 aliphatic carbocycles. The molecule has 2 nitrogen and oxygen atoms in total. The van der Waals surface area contributed by atoms with Crippen LogP contribution in [-0.2, 0) is 0 Å². The number of unbranched alkanes of at least 4 members (excludes halogenated alkanes) is 2. The number of phenols is 1. The lowest BCUT2D eigenvalue weighted by molar-refractivity contribution is 0.176. The number of benzene rings is 1. The van der Waals surface area contributed by atoms with Crippen molar-refractivity contribution in [2.24, 2.45) is 0 Å². The topological polar surface area (TPSA) is 29.5 Å². The molecule has 0 amide bonds. The highest BCUT2D eigenvalue weighted by Gasteiger charge is 2.09. The van der Waals surface area contributed by atoms with E-state index in [9.17, 15) is 5.11 Å². The molecule has 0 aromatic heterocycles. The summed E-state index contributed by atoms with van der Waals surface area (Å²) in [6.45, 7) is 4.32. The molecule has 0 aliphatic heterocycles. The molecular formula is C14H22O2. The van der Waals surface area contributed by atoms with Crippen LogP contribution in [0.15, 0.2) is 24.3 Å². The molecule has 2 heteroatoms. The van der Waals surface area contributed by atoms with Crippen molar-refractivity contribution >= 4 is 0 Å². The van der Waals surface area contributed by atoms with Crippen molar-refractivity contribution in [3.8, 4) is 11.5 Å². The first-order valence-electron chi connectivity index (χ1n) is 6.22. The summed E-state index contributed by atoms with van der Waals surface area (Å²) in [7, 11) is 0. The highest BCUT2D eigenvalue weighted by molar-refractivity contribution is 5.38. The maximum absolute atomic E-state index is 9.60. The van der Waals surface area contributed by atoms with Gasteiger partial charge in [-0.1, -0.05) is 38.8 Å². The van der Waals surface area contributed by atoms with E-state index < -0.39 is 0 Å². The summed E-state index contributed by atoms with van der Waals surface area (Å²) in [5.41, 5.74) is 0. The minimum absolute atomic E-state index is 0.222. The first kappa shape index (κ1) is 12.9. The molecule has 0 fully saturated rings. The van der Waals surface area contributed by atoms with Crippen molar-refractivity contribution < 1.29 is 9.84 Å². The van der Waals surface area contributed by atoms with Gasteiger partial charge in [-0.15, -0.1) is 0 Å². The third kappa shape index (κ3) is 4.13. The fraction of sp³-hybridized carbons (Fsp3) is 0.571. The van der Waals surface area contributed by atoms with Crippen molar-refractivity contribution in [1.82, 2.24) is 0 Å². The fourth-order valence-corrected chi connectivity index (χ4v) is 1.70. The second-order valence-corrected chi connectivity index (χ2v) is 4.11. The second kappa shape index (κ2) is 7.15. The lowest BCUT2D eigenvalue weighted by atomic mass is 10.1. The Hall–Kier alpha value is -1.18. The van der Waals surface area contributed by atoms with Crippen LogP contribution < -0.4 is 4.74 Å². The normalized spacial score (nSPS) is 12.4. The number of rotatable bonds is 7. The zero-order valence-corrected chi connectivity index (χ0v) is 10.3. The number of hydrogen-bond acceptors (Lipinski definition) is 2. The molecule has 0 saturated carbocycles. The smallest absolute Gasteiger partial charge is 0.161 e. The fourth-order valence-electron chi connectivity index (χ4n) is 1.70. The van der Waals surface area contributed by atoms with Gasteiger partial charge in [0.15, 0.2) is 11.5 Å². The van der Waals surface area contributed by atoms with E-state index in [2.05, 4.69) is 13.8 Å². The van der Waals surface area contributed by atoms with Gasteiger partial charge in [-0.05, 0) is 31.4 Å². The van der Waals surface area contributed by atoms with Crippen LogP contribution in [0, 0.1) is 0 Å². The van der Waals surface area contributed by atoms with Gasteiger partial charge >= 0.3 is 0 Å². The van der Waals surface area contributed by atoms with E-state index in [1.807, 2.05) is 12.1 Å². The number of aromatic hydroxyl groups is 1. The van der Waals surface area contributed by atoms with Crippen LogP contribution in [0.25, 0.3) is 0 Å². The molecule has 1 rings (SSSR count). The summed E-state index contributed by atoms with van der Waals surface area (Å²) in [5.74, 6) is 0.835. The molecule has 1 aromatic carbocycles. The Morgan fingerprint density at radius 3 is 2.56 bits per heavy atom. The Morgan fingerprint density at radius 2 is 1.94 bits per heavy atom. The van der Waals surface area contributed by atoms with Gasteiger partial charge in [0.05, 0.1) is 6.10 Å². The molecule has 0 saturated heterocycles. The SMILES string of the molecule is CCCCCC(CC)Oc1ccccc1O. The number of para-hydroxylation sites is 2. The van der Waals surface area contributed by atoms with Crippen molar-refractivity contribution in [2.75, 3.05) is 0 Å². The maximum Gasteiger partial charge on any atom is 0.161 e. The molecule has 1 aromatic rings. The van der Waals surface area contributed by atoms with Gasteiger partial charge in [-0.2, -0.15) is 0 Å². The van der Waals surface area contributed by atoms with Crippen molar-refractivity contribution in [3.05, 3.63) is 24.3 Å². The van der Waals surface area contributed by atoms with Gasteiger partial charge in [0.2, 0.25) is 0 Å². The standard InChI is InChI=1S/C14H22O2/c1-3-5-6-9-12(4-2)16-14-11-8-7-10-13(14)15/h7-8,10-12,15H,3-6,9H2,1-2H3. The van der Waals surface area contributed by atoms with Crippen LogP contribution in [0.1, 0.15) is 46.0 Å². The third-order valence-corrected chi connectivity index (χ3v) is 2.74. The van der Waals surface area contributed by atoms with E-state index in [1.54, 1.807) is 12.1 Å². The summed E-state index contributed by atoms with van der Waals surface area (Å²) in [4.78, 5) is 0. The van der Waals surface area contributed by atoms with Crippen LogP contribution >= 0.6 is 0 Å². The van der Waals surface area contributed by atoms with Crippen LogP contribution in [0.4, 0.5) is 0 Å². The number of hydrogen-bond donors (Lipinski definition) is 1. The molecule has 1 unspecified atom stereocenters. The highest BCUT2D eigenvalue weighted by atomic mass is 16.5. The van der Waals surface area contributed by atoms with Crippen LogP contribution in [-0.4, -0.2) is 11.2 Å². The van der Waals surface area contributed by atoms with Crippen molar-refractivity contribution in [2.45, 2.75) is 52.1 Å². The monoisotopic (exact) mass is 222 g/mol. The van der Waals surface area contributed by atoms with Gasteiger partial charge in [-0.3, -0.25) is 0 Å². The Bertz CT molecular complexity index is 297. The van der Waals surface area contributed by atoms with Gasteiger partial charge < -0.3 is 9.84 Å². The Kier molecular flexibility index (Phi) is 5.76. The van der Waals surface area contributed by atoms with Gasteiger partial charge in [0.1, 0.15) is 0 Å². The molecule has 0 aliphatic rings. The predicted octanol–water partition coefficient (Wildman–Crippen LogP) is 4.13. The molecule has 16 heavy (non-hydrogen) atoms. The first-order valence-corrected chi connectivity index (χ1v) is 6.22. The summed E-state index contributed by atoms with van der Waals surface area (Å²) >= 11 is 0. The van der Waals surface area contributed by atoms with Gasteiger partial charge in [0.25, 0.3) is 0 Å². The average molecular weight is 222 g/mol. The molecule has 1 atom stereocenters. The van der Waals surface area contributed by atoms with E-state index in [-0.39, 0.29) is 11.9 Å². The van der Waals surface area contributed by atoms with Crippen molar-refractivity contribution in [3.63, 3.8) is 0 Å². The van der Waals surface area contributed by atoms with Gasteiger partial charge in [-0.25, -0.2) is 0 Å². The number of ether oxygens (including phenoxy) is 1. The average Bonchev–Trinajstić information content (AvgIpc) is 2.30. The summed E-state index contributed by atoms with van der Waals surface area (Å²) < 4.78 is 5.79. The minimum Gasteiger partial charge on any atom is -0.504 e. The molecule has 0 bridgehead atoms. The van der Waals surface area contributed by atoms with Gasteiger partial charge in [0, 0.05) is 0 Å². The molecule has 1 N–H and O–H groups in total. The Morgan fingerprint density at radius 1 is 1.19 bits per heavy atom. The van der Waals surface area contributed by atoms with E-state index >= 15 is 0 Å². The van der Waals surface area contributed by atoms with E-state index in [4.69, 9.17) is 4.74 Å². The third-order valence-electron chi connectivity index (χ3n) is 2.74. The summed E-state index contributed by atoms with van der Waals surface area (Å²) in [5, 5.41) is 9.60. The zero-order valence-electron chi connectivity index (χ0n) is 10.3. The quantitative estimate of drug-likeness (QED) is 0.703. The molecular weight excluding hydrogens is 200 g/mol. The first-order chi connectivity index (χ1) is 7.77. The van der Waals surface area contributed by atoms with Crippen molar-refractivity contribution in [1.29, 1.82) is 0 Å². The largest absolute Gasteiger partial charge is 0.504 e. The number of phenolic OH excluding ortho intramolecular Hbond substituents is 1. The highest BCUT2D eigenvalue weighted by Crippen LogP contribution is 2.27. The molecule has 0 spiro atoms. The lowest BCUT2D eigenvalue weighted by Crippen LogP contribution is -2.15. The predicted molar refractivity (Wildman–Crippen MR) is 67.0 cm³/mol. The molecule has 90 valence electrons. The summed E-state index contributed by atoms with van der Waals surface area (Å²) in [6, 6.07) is 7.17. The lowest BCUT2D eigenvalue weighted by Gasteiger charge is -2.18. The van der Waals surface area contributed by atoms with Crippen LogP contribution in [0.2, 0.25) is 0 Å². The Balaban J connectivity index is 2.46.